The van der Waals surface area contributed by atoms with Gasteiger partial charge in [-0.3, -0.25) is 0 Å². The van der Waals surface area contributed by atoms with Crippen molar-refractivity contribution in [3.8, 4) is 33.8 Å². The fourth-order valence-electron chi connectivity index (χ4n) is 9.92. The lowest BCUT2D eigenvalue weighted by Gasteiger charge is -2.27. The molecule has 7 aromatic carbocycles. The molecule has 10 rings (SSSR count). The highest BCUT2D eigenvalue weighted by Gasteiger charge is 2.36. The van der Waals surface area contributed by atoms with Crippen molar-refractivity contribution in [3.05, 3.63) is 252 Å². The molecule has 0 radical (unpaired) electrons. The summed E-state index contributed by atoms with van der Waals surface area (Å²) in [5, 5.41) is 3.08. The molecule has 0 aliphatic carbocycles. The number of nitrogens with zero attached hydrogens (tertiary/aromatic N) is 3. The molecule has 0 saturated heterocycles. The summed E-state index contributed by atoms with van der Waals surface area (Å²) in [7, 11) is 0. The molecule has 2 unspecified atom stereocenters. The quantitative estimate of drug-likeness (QED) is 0.0904. The van der Waals surface area contributed by atoms with Crippen LogP contribution in [0.1, 0.15) is 33.4 Å². The number of aryl methyl sites for hydroxylation is 2. The zero-order valence-corrected chi connectivity index (χ0v) is 47.3. The van der Waals surface area contributed by atoms with E-state index in [9.17, 15) is 52.7 Å². The van der Waals surface area contributed by atoms with Crippen LogP contribution in [-0.2, 0) is 24.7 Å². The molecule has 3 heterocycles. The highest BCUT2D eigenvalue weighted by Crippen LogP contribution is 2.47. The Morgan fingerprint density at radius 3 is 0.655 bits per heavy atom. The monoisotopic (exact) mass is 1200 g/mol. The fraction of sp³-hybridized carbons (Fsp3) is 0.0909. The zero-order valence-electron chi connectivity index (χ0n) is 44.6. The molecule has 18 heteroatoms. The maximum atomic E-state index is 14.0. The van der Waals surface area contributed by atoms with Crippen LogP contribution in [0.3, 0.4) is 0 Å². The Bertz CT molecular complexity index is 3970. The molecular formula is C66H48F12N3P3. The third kappa shape index (κ3) is 11.7. The van der Waals surface area contributed by atoms with Crippen LogP contribution >= 0.6 is 20.7 Å². The number of benzene rings is 7. The van der Waals surface area contributed by atoms with Crippen LogP contribution in [-0.4, -0.2) is 33.9 Å². The lowest BCUT2D eigenvalue weighted by Crippen LogP contribution is -2.28. The predicted octanol–water partition coefficient (Wildman–Crippen LogP) is 14.7. The van der Waals surface area contributed by atoms with Crippen molar-refractivity contribution in [2.45, 2.75) is 38.6 Å². The lowest BCUT2D eigenvalue weighted by molar-refractivity contribution is -0.138. The van der Waals surface area contributed by atoms with Gasteiger partial charge in [-0.1, -0.05) is 145 Å². The first kappa shape index (κ1) is 59.2. The van der Waals surface area contributed by atoms with Crippen LogP contribution in [0.25, 0.3) is 33.8 Å². The first-order valence-corrected chi connectivity index (χ1v) is 31.6. The van der Waals surface area contributed by atoms with Crippen molar-refractivity contribution in [3.63, 3.8) is 0 Å². The average Bonchev–Trinajstić information content (AvgIpc) is 1.27. The Morgan fingerprint density at radius 2 is 0.464 bits per heavy atom. The Hall–Kier alpha value is -7.95. The molecule has 0 bridgehead atoms. The van der Waals surface area contributed by atoms with Gasteiger partial charge in [-0.05, 0) is 169 Å². The summed E-state index contributed by atoms with van der Waals surface area (Å²) in [6.45, 7) is -5.72. The number of pyridine rings is 3. The highest BCUT2D eigenvalue weighted by molar-refractivity contribution is 7.94. The molecule has 0 spiro atoms. The molecule has 0 fully saturated rings. The number of rotatable bonds is 12. The Kier molecular flexibility index (Phi) is 15.7. The van der Waals surface area contributed by atoms with Gasteiger partial charge in [0.05, 0.1) is 55.6 Å². The summed E-state index contributed by atoms with van der Waals surface area (Å²) in [6.07, 6.45) is -4.49. The molecule has 10 aromatic rings. The minimum absolute atomic E-state index is 0.259. The summed E-state index contributed by atoms with van der Waals surface area (Å²) >= 11 is 0. The minimum atomic E-state index is -4.70. The molecule has 3 nitrogen and oxygen atoms in total. The van der Waals surface area contributed by atoms with Gasteiger partial charge in [-0.15, -0.1) is 0 Å². The standard InChI is InChI=1S/C66H48F12N3P3/c1-42-15-27-51(28-16-42)82(3,53-31-19-47(20-32-53)63(67,68)69)60-12-6-9-57(79-60)44-39-45(58-10-7-13-61(80-58)83(4,52-29-17-43(2)18-30-52)54-33-21-48(22-34-54)64(70,71)72)41-46(40-44)59-11-8-14-62(81-59)84(5,55-35-23-49(24-36-55)65(73,74)75)56-37-25-50(26-38-56)66(76,77)78/h6-41H,3-5H2,1-2H3. The Balaban J connectivity index is 1.19. The maximum Gasteiger partial charge on any atom is 0.416 e. The smallest absolute Gasteiger partial charge is 0.247 e. The molecule has 0 amide bonds. The number of halogens is 12. The molecule has 0 aliphatic heterocycles. The van der Waals surface area contributed by atoms with Crippen molar-refractivity contribution < 1.29 is 52.7 Å². The third-order valence-corrected chi connectivity index (χ3v) is 24.9. The van der Waals surface area contributed by atoms with E-state index in [2.05, 4.69) is 6.30 Å². The van der Waals surface area contributed by atoms with Crippen molar-refractivity contribution >= 4 is 87.7 Å². The number of alkyl halides is 12. The van der Waals surface area contributed by atoms with Crippen molar-refractivity contribution in [2.24, 2.45) is 0 Å². The summed E-state index contributed by atoms with van der Waals surface area (Å²) in [6, 6.07) is 54.4. The predicted molar refractivity (Wildman–Crippen MR) is 323 cm³/mol. The summed E-state index contributed by atoms with van der Waals surface area (Å²) in [5.74, 6) is 0. The summed E-state index contributed by atoms with van der Waals surface area (Å²) in [5.41, 5.74) is 2.04. The first-order valence-electron chi connectivity index (χ1n) is 25.7. The molecule has 84 heavy (non-hydrogen) atoms. The van der Waals surface area contributed by atoms with Gasteiger partial charge in [-0.2, -0.15) is 52.7 Å². The zero-order chi connectivity index (χ0) is 60.2. The van der Waals surface area contributed by atoms with Crippen LogP contribution in [0, 0.1) is 13.8 Å². The molecule has 3 aromatic heterocycles. The number of hydrogen-bond acceptors (Lipinski definition) is 3. The van der Waals surface area contributed by atoms with Crippen LogP contribution in [0.15, 0.2) is 218 Å². The van der Waals surface area contributed by atoms with E-state index in [1.54, 1.807) is 66.7 Å². The Morgan fingerprint density at radius 1 is 0.274 bits per heavy atom. The molecule has 426 valence electrons. The molecular weight excluding hydrogens is 1160 g/mol. The summed E-state index contributed by atoms with van der Waals surface area (Å²) in [4.78, 5) is 15.7. The SMILES string of the molecule is C=P(c1ccc(C)cc1)(c1ccc(C(F)(F)F)cc1)c1cccc(-c2cc(-c3cccc(P(=C)(c4ccc(C)cc4)c4ccc(C(F)(F)F)cc4)n3)cc(-c3cccc(P(=C)(c4ccc(C(F)(F)F)cc4)c4ccc(C(F)(F)F)cc4)n3)c2)n1. The van der Waals surface area contributed by atoms with Crippen LogP contribution in [0.2, 0.25) is 0 Å². The summed E-state index contributed by atoms with van der Waals surface area (Å²) < 4.78 is 167. The van der Waals surface area contributed by atoms with E-state index in [1.807, 2.05) is 68.4 Å². The van der Waals surface area contributed by atoms with E-state index in [-0.39, 0.29) is 5.44 Å². The number of hydrogen-bond donors (Lipinski definition) is 0. The topological polar surface area (TPSA) is 38.7 Å². The second-order valence-electron chi connectivity index (χ2n) is 20.2. The Labute approximate surface area is 477 Å². The van der Waals surface area contributed by atoms with E-state index in [0.29, 0.717) is 65.9 Å². The van der Waals surface area contributed by atoms with E-state index >= 15 is 0 Å². The lowest BCUT2D eigenvalue weighted by atomic mass is 9.99. The molecule has 2 atom stereocenters. The van der Waals surface area contributed by atoms with Gasteiger partial charge in [0.25, 0.3) is 0 Å². The number of aromatic nitrogens is 3. The largest absolute Gasteiger partial charge is 0.416 e. The average molecular weight is 1200 g/mol. The van der Waals surface area contributed by atoms with Crippen LogP contribution in [0.5, 0.6) is 0 Å². The highest BCUT2D eigenvalue weighted by atomic mass is 31.2. The van der Waals surface area contributed by atoms with Crippen molar-refractivity contribution in [1.29, 1.82) is 0 Å². The van der Waals surface area contributed by atoms with Gasteiger partial charge in [0, 0.05) is 16.7 Å². The molecule has 0 N–H and O–H groups in total. The third-order valence-electron chi connectivity index (χ3n) is 14.7. The molecule has 0 aliphatic rings. The van der Waals surface area contributed by atoms with Crippen LogP contribution in [0.4, 0.5) is 52.7 Å². The van der Waals surface area contributed by atoms with Gasteiger partial charge in [0.1, 0.15) is 0 Å². The van der Waals surface area contributed by atoms with Crippen molar-refractivity contribution in [2.75, 3.05) is 0 Å². The van der Waals surface area contributed by atoms with Gasteiger partial charge in [0.15, 0.2) is 0 Å². The normalized spacial score (nSPS) is 13.9. The second-order valence-corrected chi connectivity index (χ2v) is 29.6. The molecule has 0 saturated carbocycles. The van der Waals surface area contributed by atoms with Gasteiger partial charge in [0.2, 0.25) is 0 Å². The van der Waals surface area contributed by atoms with Crippen LogP contribution < -0.4 is 48.1 Å². The van der Waals surface area contributed by atoms with E-state index in [1.165, 1.54) is 48.5 Å². The van der Waals surface area contributed by atoms with Gasteiger partial charge < -0.3 is 0 Å². The van der Waals surface area contributed by atoms with E-state index in [0.717, 1.165) is 70.3 Å². The van der Waals surface area contributed by atoms with Gasteiger partial charge >= 0.3 is 24.7 Å². The van der Waals surface area contributed by atoms with Gasteiger partial charge in [-0.25, -0.2) is 15.0 Å². The second kappa shape index (κ2) is 22.2. The minimum Gasteiger partial charge on any atom is -0.247 e. The first-order chi connectivity index (χ1) is 39.6. The fourth-order valence-corrected chi connectivity index (χ4v) is 18.2. The maximum absolute atomic E-state index is 14.0. The van der Waals surface area contributed by atoms with E-state index in [4.69, 9.17) is 27.6 Å². The van der Waals surface area contributed by atoms with E-state index < -0.39 is 67.6 Å². The van der Waals surface area contributed by atoms with Crippen molar-refractivity contribution in [1.82, 2.24) is 15.0 Å².